The number of nitrogens with one attached hydrogen (secondary N) is 1. The molecule has 45 heavy (non-hydrogen) atoms. The maximum atomic E-state index is 14.3. The lowest BCUT2D eigenvalue weighted by Gasteiger charge is -2.36. The molecule has 2 aliphatic rings. The first-order valence-electron chi connectivity index (χ1n) is 16.5. The average Bonchev–Trinajstić information content (AvgIpc) is 3.06. The Balaban J connectivity index is 1.61. The second kappa shape index (κ2) is 16.7. The quantitative estimate of drug-likeness (QED) is 0.437. The van der Waals surface area contributed by atoms with E-state index in [4.69, 9.17) is 9.47 Å². The number of amides is 3. The molecule has 4 rings (SSSR count). The summed E-state index contributed by atoms with van der Waals surface area (Å²) < 4.78 is 12.7. The minimum Gasteiger partial charge on any atom is -0.490 e. The first-order valence-corrected chi connectivity index (χ1v) is 16.5. The molecular weight excluding hydrogens is 572 g/mol. The van der Waals surface area contributed by atoms with Gasteiger partial charge in [-0.2, -0.15) is 0 Å². The van der Waals surface area contributed by atoms with E-state index in [0.29, 0.717) is 42.3 Å². The highest BCUT2D eigenvalue weighted by Crippen LogP contribution is 2.29. The van der Waals surface area contributed by atoms with Crippen molar-refractivity contribution in [1.82, 2.24) is 14.8 Å². The number of likely N-dealkylation sites (N-methyl/N-ethyl adjacent to an activating group) is 1. The average molecular weight is 623 g/mol. The molecule has 1 saturated carbocycles. The van der Waals surface area contributed by atoms with Gasteiger partial charge in [0, 0.05) is 62.2 Å². The van der Waals surface area contributed by atoms with Gasteiger partial charge in [0.15, 0.2) is 0 Å². The highest BCUT2D eigenvalue weighted by Gasteiger charge is 2.32. The number of carbonyl (C=O) groups excluding carboxylic acids is 3. The highest BCUT2D eigenvalue weighted by atomic mass is 16.5. The fraction of sp³-hybridized carbons (Fsp3) is 0.600. The van der Waals surface area contributed by atoms with Crippen LogP contribution in [0.2, 0.25) is 0 Å². The van der Waals surface area contributed by atoms with Gasteiger partial charge in [0.05, 0.1) is 30.4 Å². The fourth-order valence-corrected chi connectivity index (χ4v) is 6.19. The number of hydrogen-bond acceptors (Lipinski definition) is 7. The van der Waals surface area contributed by atoms with Gasteiger partial charge in [0.25, 0.3) is 11.8 Å². The van der Waals surface area contributed by atoms with Crippen LogP contribution in [0.5, 0.6) is 5.75 Å². The Morgan fingerprint density at radius 1 is 1.07 bits per heavy atom. The van der Waals surface area contributed by atoms with Gasteiger partial charge in [0.1, 0.15) is 5.75 Å². The Morgan fingerprint density at radius 2 is 1.78 bits per heavy atom. The lowest BCUT2D eigenvalue weighted by Crippen LogP contribution is -2.48. The van der Waals surface area contributed by atoms with E-state index in [0.717, 1.165) is 44.9 Å². The zero-order valence-corrected chi connectivity index (χ0v) is 27.2. The van der Waals surface area contributed by atoms with Crippen LogP contribution in [-0.4, -0.2) is 89.2 Å². The number of nitrogens with zero attached hydrogens (tertiary/aromatic N) is 3. The summed E-state index contributed by atoms with van der Waals surface area (Å²) in [6.45, 7) is 6.88. The van der Waals surface area contributed by atoms with E-state index in [2.05, 4.69) is 10.3 Å². The van der Waals surface area contributed by atoms with Crippen LogP contribution < -0.4 is 10.1 Å². The number of anilines is 1. The molecule has 4 atom stereocenters. The Hall–Kier alpha value is -3.50. The van der Waals surface area contributed by atoms with E-state index < -0.39 is 6.04 Å². The summed E-state index contributed by atoms with van der Waals surface area (Å²) in [5.41, 5.74) is 1.21. The van der Waals surface area contributed by atoms with Crippen LogP contribution in [0.1, 0.15) is 92.9 Å². The summed E-state index contributed by atoms with van der Waals surface area (Å²) in [4.78, 5) is 47.9. The smallest absolute Gasteiger partial charge is 0.258 e. The SMILES string of the molecule is C[C@@H]1CCCCO[C@@H](CN(C)C(=O)C2CCCCC2)[C@H](C)CN([C@@H](C)CO)C(=O)c2cc(NC(=O)c3ccncc3)ccc2O1. The van der Waals surface area contributed by atoms with Gasteiger partial charge >= 0.3 is 0 Å². The standard InChI is InChI=1S/C35H50N4O6/c1-24-21-39(25(2)23-40)35(43)30-20-29(37-33(41)27-15-17-36-18-16-27)13-14-31(30)45-26(3)10-8-9-19-44-32(24)22-38(4)34(42)28-11-6-5-7-12-28/h13-18,20,24-26,28,32,40H,5-12,19,21-23H2,1-4H3,(H,37,41)/t24-,25+,26-,32+/m1/s1. The molecule has 1 aromatic carbocycles. The van der Waals surface area contributed by atoms with Gasteiger partial charge in [0.2, 0.25) is 5.91 Å². The second-order valence-corrected chi connectivity index (χ2v) is 12.8. The van der Waals surface area contributed by atoms with Gasteiger partial charge in [-0.05, 0) is 76.3 Å². The van der Waals surface area contributed by atoms with Crippen molar-refractivity contribution in [2.24, 2.45) is 11.8 Å². The van der Waals surface area contributed by atoms with Gasteiger partial charge in [-0.15, -0.1) is 0 Å². The first-order chi connectivity index (χ1) is 21.7. The third-order valence-electron chi connectivity index (χ3n) is 9.04. The lowest BCUT2D eigenvalue weighted by molar-refractivity contribution is -0.137. The number of rotatable bonds is 7. The van der Waals surface area contributed by atoms with E-state index >= 15 is 0 Å². The van der Waals surface area contributed by atoms with Crippen LogP contribution in [0, 0.1) is 11.8 Å². The Kier molecular flexibility index (Phi) is 12.8. The largest absolute Gasteiger partial charge is 0.490 e. The van der Waals surface area contributed by atoms with Crippen molar-refractivity contribution in [3.63, 3.8) is 0 Å². The van der Waals surface area contributed by atoms with Crippen molar-refractivity contribution in [3.05, 3.63) is 53.9 Å². The number of hydrogen-bond donors (Lipinski definition) is 2. The van der Waals surface area contributed by atoms with Crippen LogP contribution in [0.15, 0.2) is 42.7 Å². The maximum absolute atomic E-state index is 14.3. The van der Waals surface area contributed by atoms with Gasteiger partial charge in [-0.3, -0.25) is 19.4 Å². The van der Waals surface area contributed by atoms with Crippen LogP contribution >= 0.6 is 0 Å². The topological polar surface area (TPSA) is 121 Å². The number of aliphatic hydroxyl groups excluding tert-OH is 1. The predicted molar refractivity (Wildman–Crippen MR) is 173 cm³/mol. The van der Waals surface area contributed by atoms with E-state index in [1.54, 1.807) is 54.5 Å². The van der Waals surface area contributed by atoms with E-state index in [1.165, 1.54) is 6.42 Å². The van der Waals surface area contributed by atoms with Gasteiger partial charge in [-0.1, -0.05) is 26.2 Å². The number of pyridine rings is 1. The Bertz CT molecular complexity index is 1270. The zero-order chi connectivity index (χ0) is 32.3. The molecule has 2 heterocycles. The summed E-state index contributed by atoms with van der Waals surface area (Å²) >= 11 is 0. The predicted octanol–water partition coefficient (Wildman–Crippen LogP) is 5.17. The zero-order valence-electron chi connectivity index (χ0n) is 27.2. The molecule has 1 aliphatic heterocycles. The minimum absolute atomic E-state index is 0.0660. The number of benzene rings is 1. The summed E-state index contributed by atoms with van der Waals surface area (Å²) in [6.07, 6.45) is 10.4. The van der Waals surface area contributed by atoms with E-state index in [-0.39, 0.29) is 48.4 Å². The number of fused-ring (bicyclic) bond motifs is 1. The highest BCUT2D eigenvalue weighted by molar-refractivity contribution is 6.05. The molecule has 10 heteroatoms. The van der Waals surface area contributed by atoms with Gasteiger partial charge in [-0.25, -0.2) is 0 Å². The molecule has 1 aromatic heterocycles. The monoisotopic (exact) mass is 622 g/mol. The molecule has 0 radical (unpaired) electrons. The molecule has 2 aromatic rings. The third-order valence-corrected chi connectivity index (χ3v) is 9.04. The van der Waals surface area contributed by atoms with Crippen molar-refractivity contribution in [2.45, 2.75) is 90.4 Å². The molecule has 0 saturated heterocycles. The van der Waals surface area contributed by atoms with Crippen molar-refractivity contribution in [3.8, 4) is 5.75 Å². The number of ether oxygens (including phenoxy) is 2. The summed E-state index contributed by atoms with van der Waals surface area (Å²) in [7, 11) is 1.86. The van der Waals surface area contributed by atoms with Crippen LogP contribution in [0.4, 0.5) is 5.69 Å². The van der Waals surface area contributed by atoms with Crippen molar-refractivity contribution in [1.29, 1.82) is 0 Å². The summed E-state index contributed by atoms with van der Waals surface area (Å²) in [5, 5.41) is 13.1. The Labute approximate surface area is 267 Å². The molecule has 0 unspecified atom stereocenters. The minimum atomic E-state index is -0.490. The third kappa shape index (κ3) is 9.50. The molecule has 1 fully saturated rings. The molecule has 0 spiro atoms. The lowest BCUT2D eigenvalue weighted by atomic mass is 9.88. The van der Waals surface area contributed by atoms with Crippen molar-refractivity contribution < 1.29 is 29.0 Å². The second-order valence-electron chi connectivity index (χ2n) is 12.8. The molecule has 3 amide bonds. The number of aromatic nitrogens is 1. The van der Waals surface area contributed by atoms with Gasteiger partial charge < -0.3 is 29.7 Å². The number of carbonyl (C=O) groups is 3. The molecule has 10 nitrogen and oxygen atoms in total. The van der Waals surface area contributed by atoms with Crippen LogP contribution in [-0.2, 0) is 9.53 Å². The van der Waals surface area contributed by atoms with E-state index in [1.807, 2.05) is 25.8 Å². The van der Waals surface area contributed by atoms with Crippen LogP contribution in [0.25, 0.3) is 0 Å². The molecule has 246 valence electrons. The fourth-order valence-electron chi connectivity index (χ4n) is 6.19. The summed E-state index contributed by atoms with van der Waals surface area (Å²) in [5.74, 6) is -0.0987. The molecule has 2 N–H and O–H groups in total. The number of aliphatic hydroxyl groups is 1. The maximum Gasteiger partial charge on any atom is 0.258 e. The first kappa shape index (κ1) is 34.4. The Morgan fingerprint density at radius 3 is 2.49 bits per heavy atom. The van der Waals surface area contributed by atoms with Crippen molar-refractivity contribution >= 4 is 23.4 Å². The summed E-state index contributed by atoms with van der Waals surface area (Å²) in [6, 6.07) is 7.84. The van der Waals surface area contributed by atoms with Crippen molar-refractivity contribution in [2.75, 3.05) is 38.7 Å². The molecular formula is C35H50N4O6. The van der Waals surface area contributed by atoms with Crippen LogP contribution in [0.3, 0.4) is 0 Å². The molecule has 1 aliphatic carbocycles. The van der Waals surface area contributed by atoms with E-state index in [9.17, 15) is 19.5 Å². The normalized spacial score (nSPS) is 22.8. The molecule has 0 bridgehead atoms.